The van der Waals surface area contributed by atoms with E-state index in [9.17, 15) is 5.26 Å². The molecule has 0 saturated carbocycles. The average molecular weight is 383 g/mol. The Kier molecular flexibility index (Phi) is 4.57. The third kappa shape index (κ3) is 3.41. The summed E-state index contributed by atoms with van der Waals surface area (Å²) >= 11 is 0. The van der Waals surface area contributed by atoms with E-state index in [2.05, 4.69) is 63.9 Å². The van der Waals surface area contributed by atoms with Crippen molar-refractivity contribution in [2.24, 2.45) is 0 Å². The monoisotopic (exact) mass is 383 g/mol. The van der Waals surface area contributed by atoms with Gasteiger partial charge in [-0.3, -0.25) is 5.10 Å². The number of nitrogens with zero attached hydrogens (tertiary/aromatic N) is 3. The molecule has 5 nitrogen and oxygen atoms in total. The van der Waals surface area contributed by atoms with Crippen LogP contribution in [0.5, 0.6) is 0 Å². The summed E-state index contributed by atoms with van der Waals surface area (Å²) in [6.07, 6.45) is 6.62. The van der Waals surface area contributed by atoms with Crippen LogP contribution in [0.1, 0.15) is 47.7 Å². The van der Waals surface area contributed by atoms with Crippen LogP contribution in [0.4, 0.5) is 5.69 Å². The Labute approximate surface area is 171 Å². The summed E-state index contributed by atoms with van der Waals surface area (Å²) in [5.74, 6) is 0. The summed E-state index contributed by atoms with van der Waals surface area (Å²) in [5, 5.41) is 21.9. The van der Waals surface area contributed by atoms with E-state index < -0.39 is 0 Å². The fourth-order valence-electron chi connectivity index (χ4n) is 4.57. The second kappa shape index (κ2) is 7.38. The number of nitrogens with one attached hydrogen (secondary N) is 2. The number of hydrogen-bond donors (Lipinski definition) is 2. The van der Waals surface area contributed by atoms with Crippen LogP contribution in [-0.4, -0.2) is 35.2 Å². The molecule has 0 saturated heterocycles. The zero-order valence-electron chi connectivity index (χ0n) is 16.7. The van der Waals surface area contributed by atoms with E-state index in [0.29, 0.717) is 0 Å². The van der Waals surface area contributed by atoms with Crippen LogP contribution in [0.2, 0.25) is 0 Å². The fraction of sp³-hybridized carbons (Fsp3) is 0.333. The van der Waals surface area contributed by atoms with Crippen molar-refractivity contribution in [2.75, 3.05) is 25.5 Å². The van der Waals surface area contributed by atoms with Crippen LogP contribution in [0, 0.1) is 11.3 Å². The smallest absolute Gasteiger partial charge is 0.0991 e. The Hall–Kier alpha value is -3.10. The number of likely N-dealkylation sites (N-methyl/N-ethyl adjacent to an activating group) is 1. The molecule has 5 rings (SSSR count). The van der Waals surface area contributed by atoms with Crippen molar-refractivity contribution in [3.8, 4) is 6.07 Å². The predicted octanol–water partition coefficient (Wildman–Crippen LogP) is 4.64. The largest absolute Gasteiger partial charge is 0.378 e. The van der Waals surface area contributed by atoms with Gasteiger partial charge in [-0.15, -0.1) is 0 Å². The highest BCUT2D eigenvalue weighted by molar-refractivity contribution is 5.92. The normalized spacial score (nSPS) is 19.4. The van der Waals surface area contributed by atoms with Crippen molar-refractivity contribution in [3.63, 3.8) is 0 Å². The molecule has 0 spiro atoms. The van der Waals surface area contributed by atoms with Crippen LogP contribution in [-0.2, 0) is 6.42 Å². The first-order chi connectivity index (χ1) is 14.2. The highest BCUT2D eigenvalue weighted by atomic mass is 15.1. The number of aromatic nitrogens is 2. The van der Waals surface area contributed by atoms with Crippen LogP contribution >= 0.6 is 0 Å². The maximum Gasteiger partial charge on any atom is 0.0991 e. The Bertz CT molecular complexity index is 1130. The van der Waals surface area contributed by atoms with Crippen molar-refractivity contribution >= 4 is 22.2 Å². The van der Waals surface area contributed by atoms with Gasteiger partial charge in [0.1, 0.15) is 0 Å². The Morgan fingerprint density at radius 2 is 2.14 bits per heavy atom. The van der Waals surface area contributed by atoms with Gasteiger partial charge in [-0.05, 0) is 79.8 Å². The third-order valence-corrected chi connectivity index (χ3v) is 6.21. The summed E-state index contributed by atoms with van der Waals surface area (Å²) in [5.41, 5.74) is 7.98. The van der Waals surface area contributed by atoms with E-state index in [4.69, 9.17) is 0 Å². The molecule has 2 heterocycles. The van der Waals surface area contributed by atoms with Gasteiger partial charge in [0, 0.05) is 24.2 Å². The lowest BCUT2D eigenvalue weighted by molar-refractivity contribution is 0.370. The molecule has 2 N–H and O–H groups in total. The lowest BCUT2D eigenvalue weighted by atomic mass is 9.86. The summed E-state index contributed by atoms with van der Waals surface area (Å²) in [4.78, 5) is 2.32. The number of aryl methyl sites for hydroxylation is 1. The molecule has 29 heavy (non-hydrogen) atoms. The van der Waals surface area contributed by atoms with Gasteiger partial charge in [0.2, 0.25) is 0 Å². The van der Waals surface area contributed by atoms with E-state index in [-0.39, 0.29) is 6.04 Å². The maximum atomic E-state index is 9.19. The number of fused-ring (bicyclic) bond motifs is 2. The van der Waals surface area contributed by atoms with Gasteiger partial charge in [0.05, 0.1) is 28.9 Å². The molecule has 2 aromatic carbocycles. The van der Waals surface area contributed by atoms with Gasteiger partial charge in [-0.2, -0.15) is 10.4 Å². The standard InChI is InChI=1S/C24H25N5/c1-29-11-9-17(10-12-29)24-21-14-19(6-8-23(21)27-28-24)26-22-4-2-3-18-13-16(15-25)5-7-20(18)22/h5-9,13-14,22,26H,2-4,10-12H2,1H3,(H,27,28). The molecule has 0 bridgehead atoms. The van der Waals surface area contributed by atoms with Crippen molar-refractivity contribution in [1.82, 2.24) is 15.1 Å². The van der Waals surface area contributed by atoms with E-state index in [1.54, 1.807) is 0 Å². The van der Waals surface area contributed by atoms with Gasteiger partial charge in [-0.1, -0.05) is 12.1 Å². The third-order valence-electron chi connectivity index (χ3n) is 6.21. The predicted molar refractivity (Wildman–Crippen MR) is 117 cm³/mol. The topological polar surface area (TPSA) is 67.7 Å². The number of benzene rings is 2. The first kappa shape index (κ1) is 18.0. The fourth-order valence-corrected chi connectivity index (χ4v) is 4.57. The number of aromatic amines is 1. The second-order valence-electron chi connectivity index (χ2n) is 8.19. The summed E-state index contributed by atoms with van der Waals surface area (Å²) in [7, 11) is 2.15. The summed E-state index contributed by atoms with van der Waals surface area (Å²) < 4.78 is 0. The van der Waals surface area contributed by atoms with Gasteiger partial charge in [0.15, 0.2) is 0 Å². The SMILES string of the molecule is CN1CC=C(c2n[nH]c3ccc(NC4CCCc5cc(C#N)ccc54)cc23)CC1. The highest BCUT2D eigenvalue weighted by Gasteiger charge is 2.21. The molecule has 146 valence electrons. The number of nitriles is 1. The molecule has 1 atom stereocenters. The molecule has 3 aromatic rings. The lowest BCUT2D eigenvalue weighted by Crippen LogP contribution is -2.23. The summed E-state index contributed by atoms with van der Waals surface area (Å²) in [6.45, 7) is 2.05. The molecule has 2 aliphatic rings. The average Bonchev–Trinajstić information content (AvgIpc) is 3.17. The lowest BCUT2D eigenvalue weighted by Gasteiger charge is -2.27. The van der Waals surface area contributed by atoms with E-state index >= 15 is 0 Å². The zero-order chi connectivity index (χ0) is 19.8. The minimum atomic E-state index is 0.279. The summed E-state index contributed by atoms with van der Waals surface area (Å²) in [6, 6.07) is 15.1. The Balaban J connectivity index is 1.45. The van der Waals surface area contributed by atoms with Crippen LogP contribution in [0.15, 0.2) is 42.5 Å². The molecule has 1 aliphatic carbocycles. The molecule has 5 heteroatoms. The first-order valence-electron chi connectivity index (χ1n) is 10.4. The molecule has 1 aromatic heterocycles. The second-order valence-corrected chi connectivity index (χ2v) is 8.19. The number of rotatable bonds is 3. The van der Waals surface area contributed by atoms with E-state index in [0.717, 1.165) is 61.2 Å². The van der Waals surface area contributed by atoms with Crippen molar-refractivity contribution in [3.05, 3.63) is 64.9 Å². The maximum absolute atomic E-state index is 9.19. The van der Waals surface area contributed by atoms with Gasteiger partial charge in [-0.25, -0.2) is 0 Å². The van der Waals surface area contributed by atoms with Gasteiger partial charge in [0.25, 0.3) is 0 Å². The number of anilines is 1. The quantitative estimate of drug-likeness (QED) is 0.691. The minimum Gasteiger partial charge on any atom is -0.378 e. The van der Waals surface area contributed by atoms with Crippen molar-refractivity contribution < 1.29 is 0 Å². The molecule has 0 amide bonds. The Morgan fingerprint density at radius 3 is 2.97 bits per heavy atom. The zero-order valence-corrected chi connectivity index (χ0v) is 16.7. The minimum absolute atomic E-state index is 0.279. The van der Waals surface area contributed by atoms with Crippen LogP contribution in [0.3, 0.4) is 0 Å². The van der Waals surface area contributed by atoms with E-state index in [1.807, 2.05) is 12.1 Å². The van der Waals surface area contributed by atoms with Gasteiger partial charge < -0.3 is 10.2 Å². The van der Waals surface area contributed by atoms with Gasteiger partial charge >= 0.3 is 0 Å². The van der Waals surface area contributed by atoms with Crippen molar-refractivity contribution in [1.29, 1.82) is 5.26 Å². The van der Waals surface area contributed by atoms with E-state index in [1.165, 1.54) is 22.1 Å². The van der Waals surface area contributed by atoms with Crippen molar-refractivity contribution in [2.45, 2.75) is 31.7 Å². The molecule has 1 aliphatic heterocycles. The molecular weight excluding hydrogens is 358 g/mol. The first-order valence-corrected chi connectivity index (χ1v) is 10.4. The number of H-pyrrole nitrogens is 1. The molecule has 0 fully saturated rings. The highest BCUT2D eigenvalue weighted by Crippen LogP contribution is 2.35. The number of hydrogen-bond acceptors (Lipinski definition) is 4. The Morgan fingerprint density at radius 1 is 1.21 bits per heavy atom. The molecular formula is C24H25N5. The molecule has 1 unspecified atom stereocenters. The van der Waals surface area contributed by atoms with Crippen LogP contribution in [0.25, 0.3) is 16.5 Å². The molecule has 0 radical (unpaired) electrons. The van der Waals surface area contributed by atoms with Crippen LogP contribution < -0.4 is 5.32 Å².